The van der Waals surface area contributed by atoms with Gasteiger partial charge in [0, 0.05) is 20.8 Å². The van der Waals surface area contributed by atoms with Crippen molar-refractivity contribution in [2.24, 2.45) is 0 Å². The van der Waals surface area contributed by atoms with Crippen molar-refractivity contribution in [3.63, 3.8) is 0 Å². The van der Waals surface area contributed by atoms with Crippen molar-refractivity contribution >= 4 is 30.5 Å². The van der Waals surface area contributed by atoms with Crippen molar-refractivity contribution in [3.8, 4) is 0 Å². The number of thiol groups is 1. The molecule has 4 atom stereocenters. The van der Waals surface area contributed by atoms with Crippen LogP contribution in [0.3, 0.4) is 0 Å². The molecule has 1 saturated heterocycles. The van der Waals surface area contributed by atoms with Crippen LogP contribution in [-0.4, -0.2) is 47.8 Å². The normalized spacial score (nSPS) is 31.6. The monoisotopic (exact) mass is 320 g/mol. The predicted molar refractivity (Wildman–Crippen MR) is 74.6 cm³/mol. The Bertz CT molecular complexity index is 425. The van der Waals surface area contributed by atoms with Gasteiger partial charge in [-0.3, -0.25) is 14.4 Å². The van der Waals surface area contributed by atoms with E-state index in [0.29, 0.717) is 6.42 Å². The molecule has 0 amide bonds. The molecular formula is C13H20O7S. The van der Waals surface area contributed by atoms with Crippen molar-refractivity contribution in [2.45, 2.75) is 57.4 Å². The third-order valence-electron chi connectivity index (χ3n) is 3.02. The Morgan fingerprint density at radius 3 is 2.10 bits per heavy atom. The summed E-state index contributed by atoms with van der Waals surface area (Å²) in [6.45, 7) is 5.41. The smallest absolute Gasteiger partial charge is 0.303 e. The number of hydrogen-bond donors (Lipinski definition) is 1. The van der Waals surface area contributed by atoms with Gasteiger partial charge in [-0.2, -0.15) is 0 Å². The van der Waals surface area contributed by atoms with Crippen LogP contribution in [0.2, 0.25) is 0 Å². The molecule has 21 heavy (non-hydrogen) atoms. The largest absolute Gasteiger partial charge is 0.463 e. The molecule has 0 aliphatic carbocycles. The minimum absolute atomic E-state index is 0.118. The molecule has 1 rings (SSSR count). The van der Waals surface area contributed by atoms with Crippen LogP contribution in [0, 0.1) is 0 Å². The number of esters is 3. The minimum Gasteiger partial charge on any atom is -0.463 e. The lowest BCUT2D eigenvalue weighted by molar-refractivity contribution is -0.166. The molecule has 0 spiro atoms. The molecule has 120 valence electrons. The Morgan fingerprint density at radius 2 is 1.67 bits per heavy atom. The van der Waals surface area contributed by atoms with Crippen molar-refractivity contribution in [3.05, 3.63) is 0 Å². The van der Waals surface area contributed by atoms with E-state index in [1.807, 2.05) is 0 Å². The van der Waals surface area contributed by atoms with E-state index in [1.165, 1.54) is 20.8 Å². The quantitative estimate of drug-likeness (QED) is 0.456. The molecule has 0 radical (unpaired) electrons. The van der Waals surface area contributed by atoms with E-state index in [2.05, 4.69) is 12.6 Å². The van der Waals surface area contributed by atoms with Gasteiger partial charge in [0.2, 0.25) is 0 Å². The lowest BCUT2D eigenvalue weighted by atomic mass is 10.1. The molecule has 1 aliphatic heterocycles. The van der Waals surface area contributed by atoms with Gasteiger partial charge in [0.1, 0.15) is 12.7 Å². The molecule has 8 heteroatoms. The molecular weight excluding hydrogens is 300 g/mol. The first-order valence-electron chi connectivity index (χ1n) is 6.57. The number of rotatable bonds is 5. The van der Waals surface area contributed by atoms with E-state index in [9.17, 15) is 14.4 Å². The molecule has 0 N–H and O–H groups in total. The highest BCUT2D eigenvalue weighted by atomic mass is 32.1. The van der Waals surface area contributed by atoms with E-state index in [-0.39, 0.29) is 6.61 Å². The summed E-state index contributed by atoms with van der Waals surface area (Å²) in [5.74, 6) is -1.58. The lowest BCUT2D eigenvalue weighted by Crippen LogP contribution is -2.44. The maximum absolute atomic E-state index is 11.3. The summed E-state index contributed by atoms with van der Waals surface area (Å²) in [7, 11) is 0. The molecule has 0 aromatic rings. The first-order valence-corrected chi connectivity index (χ1v) is 7.02. The summed E-state index contributed by atoms with van der Waals surface area (Å²) in [4.78, 5) is 32.3. The fraction of sp³-hybridized carbons (Fsp3) is 0.769. The summed E-state index contributed by atoms with van der Waals surface area (Å²) in [5, 5.41) is 0. The Hall–Kier alpha value is -1.28. The fourth-order valence-corrected chi connectivity index (χ4v) is 2.46. The second-order valence-corrected chi connectivity index (χ2v) is 5.52. The van der Waals surface area contributed by atoms with Gasteiger partial charge < -0.3 is 18.9 Å². The van der Waals surface area contributed by atoms with Gasteiger partial charge in [-0.1, -0.05) is 6.92 Å². The van der Waals surface area contributed by atoms with E-state index >= 15 is 0 Å². The molecule has 1 fully saturated rings. The van der Waals surface area contributed by atoms with Crippen molar-refractivity contribution in [1.82, 2.24) is 0 Å². The lowest BCUT2D eigenvalue weighted by Gasteiger charge is -2.28. The standard InChI is InChI=1S/C13H20O7S/c1-5-13(21)12(19-9(4)16)11(18-8(3)15)10(20-13)6-17-7(2)14/h10-12,21H,5-6H2,1-4H3/t10-,11-,12-,13?/m1/s1. The highest BCUT2D eigenvalue weighted by molar-refractivity contribution is 7.81. The Balaban J connectivity index is 2.99. The molecule has 0 aromatic carbocycles. The second-order valence-electron chi connectivity index (χ2n) is 4.76. The van der Waals surface area contributed by atoms with Gasteiger partial charge in [0.15, 0.2) is 17.1 Å². The third kappa shape index (κ3) is 4.60. The van der Waals surface area contributed by atoms with E-state index in [1.54, 1.807) is 6.92 Å². The predicted octanol–water partition coefficient (Wildman–Crippen LogP) is 0.848. The summed E-state index contributed by atoms with van der Waals surface area (Å²) in [6.07, 6.45) is -2.11. The van der Waals surface area contributed by atoms with Gasteiger partial charge in [0.05, 0.1) is 0 Å². The minimum atomic E-state index is -1.11. The fourth-order valence-electron chi connectivity index (χ4n) is 2.13. The van der Waals surface area contributed by atoms with Crippen LogP contribution >= 0.6 is 12.6 Å². The Kier molecular flexibility index (Phi) is 6.03. The zero-order valence-corrected chi connectivity index (χ0v) is 13.3. The second kappa shape index (κ2) is 7.13. The van der Waals surface area contributed by atoms with Crippen LogP contribution in [0.25, 0.3) is 0 Å². The highest BCUT2D eigenvalue weighted by Crippen LogP contribution is 2.40. The van der Waals surface area contributed by atoms with E-state index in [4.69, 9.17) is 18.9 Å². The zero-order chi connectivity index (χ0) is 16.2. The van der Waals surface area contributed by atoms with Crippen LogP contribution in [-0.2, 0) is 33.3 Å². The van der Waals surface area contributed by atoms with Crippen LogP contribution in [0.15, 0.2) is 0 Å². The first-order chi connectivity index (χ1) is 9.69. The average molecular weight is 320 g/mol. The molecule has 0 bridgehead atoms. The van der Waals surface area contributed by atoms with E-state index in [0.717, 1.165) is 0 Å². The van der Waals surface area contributed by atoms with Crippen LogP contribution in [0.5, 0.6) is 0 Å². The maximum atomic E-state index is 11.3. The average Bonchev–Trinajstić information content (AvgIpc) is 2.61. The number of ether oxygens (including phenoxy) is 4. The topological polar surface area (TPSA) is 88.1 Å². The summed E-state index contributed by atoms with van der Waals surface area (Å²) in [6, 6.07) is 0. The van der Waals surface area contributed by atoms with Crippen LogP contribution in [0.4, 0.5) is 0 Å². The van der Waals surface area contributed by atoms with Crippen molar-refractivity contribution in [2.75, 3.05) is 6.61 Å². The number of hydrogen-bond acceptors (Lipinski definition) is 8. The molecule has 1 heterocycles. The molecule has 0 aromatic heterocycles. The number of carbonyl (C=O) groups is 3. The van der Waals surface area contributed by atoms with Gasteiger partial charge in [-0.05, 0) is 6.42 Å². The zero-order valence-electron chi connectivity index (χ0n) is 12.5. The van der Waals surface area contributed by atoms with Gasteiger partial charge in [-0.25, -0.2) is 0 Å². The summed E-state index contributed by atoms with van der Waals surface area (Å²) < 4.78 is 21.0. The summed E-state index contributed by atoms with van der Waals surface area (Å²) >= 11 is 4.40. The third-order valence-corrected chi connectivity index (χ3v) is 3.69. The highest BCUT2D eigenvalue weighted by Gasteiger charge is 2.56. The molecule has 0 saturated carbocycles. The van der Waals surface area contributed by atoms with Crippen LogP contribution in [0.1, 0.15) is 34.1 Å². The molecule has 1 unspecified atom stereocenters. The van der Waals surface area contributed by atoms with Crippen LogP contribution < -0.4 is 0 Å². The number of carbonyl (C=O) groups excluding carboxylic acids is 3. The Labute approximate surface area is 128 Å². The molecule has 1 aliphatic rings. The summed E-state index contributed by atoms with van der Waals surface area (Å²) in [5.41, 5.74) is 0. The van der Waals surface area contributed by atoms with Crippen molar-refractivity contribution in [1.29, 1.82) is 0 Å². The van der Waals surface area contributed by atoms with Gasteiger partial charge in [0.25, 0.3) is 0 Å². The van der Waals surface area contributed by atoms with Crippen molar-refractivity contribution < 1.29 is 33.3 Å². The first kappa shape index (κ1) is 17.8. The molecule has 7 nitrogen and oxygen atoms in total. The van der Waals surface area contributed by atoms with Gasteiger partial charge >= 0.3 is 17.9 Å². The SMILES string of the molecule is CCC1(S)O[C@H](COC(C)=O)[C@@H](OC(C)=O)[C@H]1OC(C)=O. The van der Waals surface area contributed by atoms with Gasteiger partial charge in [-0.15, -0.1) is 12.6 Å². The maximum Gasteiger partial charge on any atom is 0.303 e. The Morgan fingerprint density at radius 1 is 1.10 bits per heavy atom. The van der Waals surface area contributed by atoms with E-state index < -0.39 is 41.2 Å².